The monoisotopic (exact) mass is 231 g/mol. The highest BCUT2D eigenvalue weighted by atomic mass is 16.7. The first-order chi connectivity index (χ1) is 7.71. The molecule has 1 heterocycles. The number of likely N-dealkylation sites (tertiary alicyclic amines) is 1. The number of aliphatic hydroxyl groups excluding tert-OH is 1. The molecule has 5 heteroatoms. The molecular formula is C11H21NO4. The summed E-state index contributed by atoms with van der Waals surface area (Å²) in [7, 11) is 0. The minimum Gasteiger partial charge on any atom is -0.396 e. The van der Waals surface area contributed by atoms with Crippen LogP contribution in [0.1, 0.15) is 20.3 Å². The molecule has 0 spiro atoms. The summed E-state index contributed by atoms with van der Waals surface area (Å²) in [5, 5.41) is 9.00. The summed E-state index contributed by atoms with van der Waals surface area (Å²) >= 11 is 0. The molecule has 0 bridgehead atoms. The summed E-state index contributed by atoms with van der Waals surface area (Å²) in [6.07, 6.45) is 0.0815. The number of carbonyl (C=O) groups excluding carboxylic acids is 1. The van der Waals surface area contributed by atoms with E-state index in [4.69, 9.17) is 14.6 Å². The van der Waals surface area contributed by atoms with Gasteiger partial charge in [-0.2, -0.15) is 0 Å². The molecular weight excluding hydrogens is 210 g/mol. The third-order valence-electron chi connectivity index (χ3n) is 2.63. The van der Waals surface area contributed by atoms with Gasteiger partial charge in [0.2, 0.25) is 5.91 Å². The molecule has 0 aromatic carbocycles. The number of nitrogens with zero attached hydrogens (tertiary/aromatic N) is 1. The van der Waals surface area contributed by atoms with E-state index in [1.807, 2.05) is 13.8 Å². The van der Waals surface area contributed by atoms with E-state index < -0.39 is 0 Å². The van der Waals surface area contributed by atoms with Crippen LogP contribution in [0.25, 0.3) is 0 Å². The highest BCUT2D eigenvalue weighted by Crippen LogP contribution is 2.17. The van der Waals surface area contributed by atoms with Gasteiger partial charge in [0.15, 0.2) is 6.29 Å². The number of rotatable bonds is 7. The molecule has 1 unspecified atom stereocenters. The fourth-order valence-corrected chi connectivity index (χ4v) is 1.86. The van der Waals surface area contributed by atoms with E-state index in [1.54, 1.807) is 4.90 Å². The van der Waals surface area contributed by atoms with Crippen molar-refractivity contribution in [3.63, 3.8) is 0 Å². The average molecular weight is 231 g/mol. The molecule has 94 valence electrons. The van der Waals surface area contributed by atoms with E-state index >= 15 is 0 Å². The lowest BCUT2D eigenvalue weighted by molar-refractivity contribution is -0.155. The number of ether oxygens (including phenoxy) is 2. The first kappa shape index (κ1) is 13.4. The van der Waals surface area contributed by atoms with Crippen molar-refractivity contribution < 1.29 is 19.4 Å². The molecule has 1 fully saturated rings. The molecule has 1 aliphatic rings. The van der Waals surface area contributed by atoms with Crippen molar-refractivity contribution in [2.45, 2.75) is 26.6 Å². The lowest BCUT2D eigenvalue weighted by atomic mass is 10.1. The van der Waals surface area contributed by atoms with Crippen LogP contribution in [0.4, 0.5) is 0 Å². The second-order valence-electron chi connectivity index (χ2n) is 3.89. The maximum atomic E-state index is 11.6. The van der Waals surface area contributed by atoms with Crippen molar-refractivity contribution in [3.05, 3.63) is 0 Å². The Morgan fingerprint density at radius 1 is 1.44 bits per heavy atom. The van der Waals surface area contributed by atoms with E-state index in [0.717, 1.165) is 0 Å². The molecule has 1 N–H and O–H groups in total. The lowest BCUT2D eigenvalue weighted by Crippen LogP contribution is -2.36. The third-order valence-corrected chi connectivity index (χ3v) is 2.63. The zero-order valence-corrected chi connectivity index (χ0v) is 10.0. The van der Waals surface area contributed by atoms with Gasteiger partial charge in [-0.15, -0.1) is 0 Å². The van der Waals surface area contributed by atoms with Crippen LogP contribution < -0.4 is 0 Å². The topological polar surface area (TPSA) is 59.0 Å². The summed E-state index contributed by atoms with van der Waals surface area (Å²) in [6.45, 7) is 6.05. The van der Waals surface area contributed by atoms with Crippen LogP contribution in [0.2, 0.25) is 0 Å². The molecule has 1 atom stereocenters. The van der Waals surface area contributed by atoms with Gasteiger partial charge in [0.25, 0.3) is 0 Å². The van der Waals surface area contributed by atoms with Crippen molar-refractivity contribution in [3.8, 4) is 0 Å². The van der Waals surface area contributed by atoms with Crippen LogP contribution in [0.3, 0.4) is 0 Å². The maximum Gasteiger partial charge on any atom is 0.223 e. The van der Waals surface area contributed by atoms with E-state index in [9.17, 15) is 4.79 Å². The fraction of sp³-hybridized carbons (Fsp3) is 0.909. The Hall–Kier alpha value is -0.650. The maximum absolute atomic E-state index is 11.6. The predicted octanol–water partition coefficient (Wildman–Crippen LogP) is 0.226. The summed E-state index contributed by atoms with van der Waals surface area (Å²) in [5.74, 6) is 0.139. The van der Waals surface area contributed by atoms with Crippen molar-refractivity contribution in [1.82, 2.24) is 4.90 Å². The van der Waals surface area contributed by atoms with Crippen LogP contribution in [0.15, 0.2) is 0 Å². The molecule has 0 aromatic heterocycles. The Morgan fingerprint density at radius 3 is 2.50 bits per heavy atom. The van der Waals surface area contributed by atoms with Crippen molar-refractivity contribution in [2.75, 3.05) is 32.9 Å². The fourth-order valence-electron chi connectivity index (χ4n) is 1.86. The first-order valence-electron chi connectivity index (χ1n) is 5.83. The third kappa shape index (κ3) is 3.73. The second-order valence-corrected chi connectivity index (χ2v) is 3.89. The number of carbonyl (C=O) groups is 1. The van der Waals surface area contributed by atoms with Gasteiger partial charge < -0.3 is 19.5 Å². The van der Waals surface area contributed by atoms with Crippen LogP contribution in [-0.4, -0.2) is 55.1 Å². The van der Waals surface area contributed by atoms with Crippen LogP contribution in [0.5, 0.6) is 0 Å². The predicted molar refractivity (Wildman–Crippen MR) is 58.8 cm³/mol. The van der Waals surface area contributed by atoms with Gasteiger partial charge in [-0.1, -0.05) is 0 Å². The highest BCUT2D eigenvalue weighted by Gasteiger charge is 2.30. The molecule has 1 aliphatic heterocycles. The zero-order valence-electron chi connectivity index (χ0n) is 10.0. The minimum atomic E-state index is -0.351. The Bertz CT molecular complexity index is 216. The van der Waals surface area contributed by atoms with E-state index in [-0.39, 0.29) is 24.7 Å². The standard InChI is InChI=1S/C11H21NO4/c1-3-15-11(16-4-2)7-12-6-9(8-13)5-10(12)14/h9,11,13H,3-8H2,1-2H3. The quantitative estimate of drug-likeness (QED) is 0.637. The first-order valence-corrected chi connectivity index (χ1v) is 5.83. The number of aliphatic hydroxyl groups is 1. The Kier molecular flexibility index (Phi) is 5.73. The van der Waals surface area contributed by atoms with Crippen LogP contribution in [0, 0.1) is 5.92 Å². The summed E-state index contributed by atoms with van der Waals surface area (Å²) < 4.78 is 10.8. The number of amides is 1. The normalized spacial score (nSPS) is 21.1. The lowest BCUT2D eigenvalue weighted by Gasteiger charge is -2.23. The van der Waals surface area contributed by atoms with Crippen molar-refractivity contribution in [2.24, 2.45) is 5.92 Å². The van der Waals surface area contributed by atoms with Gasteiger partial charge in [0, 0.05) is 38.7 Å². The smallest absolute Gasteiger partial charge is 0.223 e. The minimum absolute atomic E-state index is 0.0657. The van der Waals surface area contributed by atoms with E-state index in [0.29, 0.717) is 32.7 Å². The summed E-state index contributed by atoms with van der Waals surface area (Å²) in [6, 6.07) is 0. The zero-order chi connectivity index (χ0) is 12.0. The SMILES string of the molecule is CCOC(CN1CC(CO)CC1=O)OCC. The van der Waals surface area contributed by atoms with Gasteiger partial charge in [-0.3, -0.25) is 4.79 Å². The Labute approximate surface area is 96.3 Å². The molecule has 0 aliphatic carbocycles. The molecule has 1 amide bonds. The average Bonchev–Trinajstić information content (AvgIpc) is 2.60. The molecule has 16 heavy (non-hydrogen) atoms. The molecule has 0 aromatic rings. The van der Waals surface area contributed by atoms with Gasteiger partial charge in [0.05, 0.1) is 6.54 Å². The molecule has 5 nitrogen and oxygen atoms in total. The number of hydrogen-bond acceptors (Lipinski definition) is 4. The molecule has 0 saturated carbocycles. The van der Waals surface area contributed by atoms with Crippen LogP contribution in [-0.2, 0) is 14.3 Å². The highest BCUT2D eigenvalue weighted by molar-refractivity contribution is 5.78. The van der Waals surface area contributed by atoms with E-state index in [1.165, 1.54) is 0 Å². The molecule has 1 saturated heterocycles. The Morgan fingerprint density at radius 2 is 2.06 bits per heavy atom. The molecule has 0 radical (unpaired) electrons. The summed E-state index contributed by atoms with van der Waals surface area (Å²) in [5.41, 5.74) is 0. The van der Waals surface area contributed by atoms with Gasteiger partial charge in [-0.25, -0.2) is 0 Å². The van der Waals surface area contributed by atoms with Crippen LogP contribution >= 0.6 is 0 Å². The van der Waals surface area contributed by atoms with Gasteiger partial charge in [-0.05, 0) is 13.8 Å². The summed E-state index contributed by atoms with van der Waals surface area (Å²) in [4.78, 5) is 13.3. The number of hydrogen-bond donors (Lipinski definition) is 1. The van der Waals surface area contributed by atoms with Crippen molar-refractivity contribution in [1.29, 1.82) is 0 Å². The van der Waals surface area contributed by atoms with Crippen molar-refractivity contribution >= 4 is 5.91 Å². The van der Waals surface area contributed by atoms with Gasteiger partial charge >= 0.3 is 0 Å². The second kappa shape index (κ2) is 6.83. The largest absolute Gasteiger partial charge is 0.396 e. The van der Waals surface area contributed by atoms with Gasteiger partial charge in [0.1, 0.15) is 0 Å². The van der Waals surface area contributed by atoms with E-state index in [2.05, 4.69) is 0 Å². The Balaban J connectivity index is 2.41. The molecule has 1 rings (SSSR count).